The molecule has 8 heteroatoms. The lowest BCUT2D eigenvalue weighted by Gasteiger charge is -2.36. The van der Waals surface area contributed by atoms with Crippen molar-refractivity contribution < 1.29 is 19.0 Å². The van der Waals surface area contributed by atoms with Crippen LogP contribution in [0.2, 0.25) is 0 Å². The normalized spacial score (nSPS) is 21.1. The van der Waals surface area contributed by atoms with Gasteiger partial charge in [0.05, 0.1) is 27.2 Å². The zero-order chi connectivity index (χ0) is 20.0. The first-order chi connectivity index (χ1) is 14.1. The Morgan fingerprint density at radius 1 is 1.24 bits per heavy atom. The molecule has 0 aliphatic carbocycles. The van der Waals surface area contributed by atoms with Crippen LogP contribution in [-0.4, -0.2) is 28.5 Å². The van der Waals surface area contributed by atoms with E-state index in [1.165, 1.54) is 23.5 Å². The summed E-state index contributed by atoms with van der Waals surface area (Å²) in [5.74, 6) is 0.00764. The van der Waals surface area contributed by atoms with Gasteiger partial charge in [-0.05, 0) is 30.3 Å². The molecule has 0 radical (unpaired) electrons. The molecule has 2 aromatic heterocycles. The Morgan fingerprint density at radius 3 is 2.93 bits per heavy atom. The summed E-state index contributed by atoms with van der Waals surface area (Å²) in [7, 11) is 1.58. The number of ether oxygens (including phenoxy) is 2. The van der Waals surface area contributed by atoms with Crippen LogP contribution in [0, 0.1) is 11.7 Å². The summed E-state index contributed by atoms with van der Waals surface area (Å²) in [5, 5.41) is 14.7. The summed E-state index contributed by atoms with van der Waals surface area (Å²) in [4.78, 5) is 8.88. The van der Waals surface area contributed by atoms with Gasteiger partial charge in [0.2, 0.25) is 6.29 Å². The Balaban J connectivity index is 1.52. The van der Waals surface area contributed by atoms with E-state index in [1.807, 2.05) is 23.6 Å². The molecule has 1 N–H and O–H groups in total. The number of hydrogen-bond acceptors (Lipinski definition) is 7. The third-order valence-electron chi connectivity index (χ3n) is 5.05. The van der Waals surface area contributed by atoms with Crippen LogP contribution in [0.5, 0.6) is 5.75 Å². The Hall–Kier alpha value is -2.39. The van der Waals surface area contributed by atoms with E-state index in [4.69, 9.17) is 9.47 Å². The maximum Gasteiger partial charge on any atom is 0.205 e. The van der Waals surface area contributed by atoms with Gasteiger partial charge in [-0.25, -0.2) is 14.4 Å². The zero-order valence-corrected chi connectivity index (χ0v) is 17.0. The number of nitrogens with zero attached hydrogens (tertiary/aromatic N) is 2. The van der Waals surface area contributed by atoms with E-state index in [0.29, 0.717) is 23.3 Å². The van der Waals surface area contributed by atoms with Crippen molar-refractivity contribution in [2.45, 2.75) is 18.8 Å². The fourth-order valence-electron chi connectivity index (χ4n) is 3.62. The van der Waals surface area contributed by atoms with Crippen LogP contribution < -0.4 is 4.74 Å². The van der Waals surface area contributed by atoms with Crippen LogP contribution in [-0.2, 0) is 11.2 Å². The third kappa shape index (κ3) is 3.42. The molecule has 148 valence electrons. The molecule has 5 rings (SSSR count). The maximum absolute atomic E-state index is 13.5. The van der Waals surface area contributed by atoms with E-state index in [-0.39, 0.29) is 11.7 Å². The predicted octanol–water partition coefficient (Wildman–Crippen LogP) is 4.82. The Morgan fingerprint density at radius 2 is 2.14 bits per heavy atom. The molecule has 5 nitrogen and oxygen atoms in total. The van der Waals surface area contributed by atoms with Crippen LogP contribution in [0.15, 0.2) is 48.0 Å². The van der Waals surface area contributed by atoms with Gasteiger partial charge in [-0.15, -0.1) is 22.7 Å². The van der Waals surface area contributed by atoms with Gasteiger partial charge in [0.25, 0.3) is 0 Å². The number of aromatic nitrogens is 2. The number of aliphatic hydroxyl groups is 1. The highest BCUT2D eigenvalue weighted by Gasteiger charge is 2.38. The highest BCUT2D eigenvalue weighted by Crippen LogP contribution is 2.43. The third-order valence-corrected chi connectivity index (χ3v) is 6.94. The molecule has 3 heterocycles. The summed E-state index contributed by atoms with van der Waals surface area (Å²) in [6.45, 7) is 0. The van der Waals surface area contributed by atoms with Crippen LogP contribution in [0.25, 0.3) is 20.8 Å². The van der Waals surface area contributed by atoms with E-state index in [0.717, 1.165) is 20.3 Å². The van der Waals surface area contributed by atoms with Crippen molar-refractivity contribution in [2.75, 3.05) is 7.11 Å². The van der Waals surface area contributed by atoms with Crippen LogP contribution in [0.3, 0.4) is 0 Å². The standard InChI is InChI=1S/C21H17FN2O3S2/c1-26-21-14(10-18-23-6-7-28-18)19(25)13-8-11(2-4-16(13)27-21)20-24-15-9-12(22)3-5-17(15)29-20/h2-9,14,19,21,25H,10H2,1H3. The van der Waals surface area contributed by atoms with Crippen molar-refractivity contribution in [1.29, 1.82) is 0 Å². The molecule has 4 aromatic rings. The number of hydrogen-bond donors (Lipinski definition) is 1. The molecule has 0 amide bonds. The summed E-state index contributed by atoms with van der Waals surface area (Å²) in [6.07, 6.45) is 0.985. The number of benzene rings is 2. The molecule has 1 aliphatic heterocycles. The molecular weight excluding hydrogens is 411 g/mol. The Kier molecular flexibility index (Phi) is 4.79. The summed E-state index contributed by atoms with van der Waals surface area (Å²) < 4.78 is 25.9. The predicted molar refractivity (Wildman–Crippen MR) is 111 cm³/mol. The topological polar surface area (TPSA) is 64.5 Å². The molecule has 0 fully saturated rings. The maximum atomic E-state index is 13.5. The SMILES string of the molecule is COC1Oc2ccc(-c3nc4cc(F)ccc4s3)cc2C(O)C1Cc1nccs1. The molecule has 0 saturated carbocycles. The van der Waals surface area contributed by atoms with Crippen molar-refractivity contribution in [2.24, 2.45) is 5.92 Å². The second-order valence-electron chi connectivity index (χ2n) is 6.84. The lowest BCUT2D eigenvalue weighted by molar-refractivity contribution is -0.139. The van der Waals surface area contributed by atoms with Crippen LogP contribution in [0.1, 0.15) is 16.7 Å². The summed E-state index contributed by atoms with van der Waals surface area (Å²) >= 11 is 3.03. The van der Waals surface area contributed by atoms with Gasteiger partial charge < -0.3 is 14.6 Å². The monoisotopic (exact) mass is 428 g/mol. The molecule has 2 aromatic carbocycles. The molecule has 1 aliphatic rings. The van der Waals surface area contributed by atoms with Gasteiger partial charge >= 0.3 is 0 Å². The van der Waals surface area contributed by atoms with E-state index in [9.17, 15) is 9.50 Å². The van der Waals surface area contributed by atoms with Gasteiger partial charge in [0, 0.05) is 42.3 Å². The number of rotatable bonds is 4. The number of methoxy groups -OCH3 is 1. The molecule has 0 spiro atoms. The number of fused-ring (bicyclic) bond motifs is 2. The van der Waals surface area contributed by atoms with E-state index >= 15 is 0 Å². The number of aliphatic hydroxyl groups excluding tert-OH is 1. The smallest absolute Gasteiger partial charge is 0.205 e. The number of thiazole rings is 2. The molecule has 0 bridgehead atoms. The summed E-state index contributed by atoms with van der Waals surface area (Å²) in [6, 6.07) is 10.2. The highest BCUT2D eigenvalue weighted by molar-refractivity contribution is 7.21. The lowest BCUT2D eigenvalue weighted by Crippen LogP contribution is -2.38. The molecule has 0 saturated heterocycles. The molecular formula is C21H17FN2O3S2. The van der Waals surface area contributed by atoms with Crippen molar-refractivity contribution in [3.8, 4) is 16.3 Å². The van der Waals surface area contributed by atoms with E-state index in [2.05, 4.69) is 9.97 Å². The highest BCUT2D eigenvalue weighted by atomic mass is 32.1. The number of halogens is 1. The molecule has 3 unspecified atom stereocenters. The fraction of sp³-hybridized carbons (Fsp3) is 0.238. The van der Waals surface area contributed by atoms with Gasteiger partial charge in [0.15, 0.2) is 0 Å². The van der Waals surface area contributed by atoms with Crippen LogP contribution in [0.4, 0.5) is 4.39 Å². The largest absolute Gasteiger partial charge is 0.464 e. The average molecular weight is 429 g/mol. The lowest BCUT2D eigenvalue weighted by atomic mass is 9.88. The molecule has 3 atom stereocenters. The van der Waals surface area contributed by atoms with Gasteiger partial charge in [-0.2, -0.15) is 0 Å². The Labute approximate surface area is 174 Å². The average Bonchev–Trinajstić information content (AvgIpc) is 3.39. The first kappa shape index (κ1) is 18.6. The second kappa shape index (κ2) is 7.46. The van der Waals surface area contributed by atoms with Gasteiger partial charge in [-0.3, -0.25) is 0 Å². The summed E-state index contributed by atoms with van der Waals surface area (Å²) in [5.41, 5.74) is 2.18. The minimum Gasteiger partial charge on any atom is -0.464 e. The second-order valence-corrected chi connectivity index (χ2v) is 8.85. The molecule has 29 heavy (non-hydrogen) atoms. The van der Waals surface area contributed by atoms with Gasteiger partial charge in [0.1, 0.15) is 16.6 Å². The van der Waals surface area contributed by atoms with E-state index < -0.39 is 12.4 Å². The van der Waals surface area contributed by atoms with Crippen molar-refractivity contribution >= 4 is 32.9 Å². The Bertz CT molecular complexity index is 1160. The van der Waals surface area contributed by atoms with Crippen molar-refractivity contribution in [3.63, 3.8) is 0 Å². The minimum absolute atomic E-state index is 0.279. The van der Waals surface area contributed by atoms with E-state index in [1.54, 1.807) is 30.7 Å². The minimum atomic E-state index is -0.764. The van der Waals surface area contributed by atoms with Crippen molar-refractivity contribution in [3.05, 3.63) is 64.4 Å². The van der Waals surface area contributed by atoms with Crippen LogP contribution >= 0.6 is 22.7 Å². The quantitative estimate of drug-likeness (QED) is 0.505. The van der Waals surface area contributed by atoms with Gasteiger partial charge in [-0.1, -0.05) is 0 Å². The first-order valence-corrected chi connectivity index (χ1v) is 10.8. The fourth-order valence-corrected chi connectivity index (χ4v) is 5.25. The van der Waals surface area contributed by atoms with Crippen molar-refractivity contribution in [1.82, 2.24) is 9.97 Å². The first-order valence-electron chi connectivity index (χ1n) is 9.08. The zero-order valence-electron chi connectivity index (χ0n) is 15.4.